The lowest BCUT2D eigenvalue weighted by Crippen LogP contribution is -2.42. The van der Waals surface area contributed by atoms with Gasteiger partial charge in [-0.3, -0.25) is 0 Å². The van der Waals surface area contributed by atoms with E-state index in [0.717, 1.165) is 5.56 Å². The summed E-state index contributed by atoms with van der Waals surface area (Å²) in [4.78, 5) is 0. The number of hydrogen-bond donors (Lipinski definition) is 2. The van der Waals surface area contributed by atoms with E-state index >= 15 is 0 Å². The Bertz CT molecular complexity index is 463. The van der Waals surface area contributed by atoms with Crippen molar-refractivity contribution in [2.45, 2.75) is 57.5 Å². The van der Waals surface area contributed by atoms with Crippen LogP contribution in [0.5, 0.6) is 0 Å². The zero-order valence-electron chi connectivity index (χ0n) is 14.4. The van der Waals surface area contributed by atoms with Crippen LogP contribution in [0.15, 0.2) is 42.5 Å². The minimum Gasteiger partial charge on any atom is -0.414 e. The van der Waals surface area contributed by atoms with Crippen molar-refractivity contribution in [1.29, 1.82) is 0 Å². The molecule has 0 bridgehead atoms. The largest absolute Gasteiger partial charge is 0.414 e. The summed E-state index contributed by atoms with van der Waals surface area (Å²) >= 11 is 0. The van der Waals surface area contributed by atoms with Crippen LogP contribution < -0.4 is 0 Å². The van der Waals surface area contributed by atoms with E-state index in [1.165, 1.54) is 0 Å². The van der Waals surface area contributed by atoms with Crippen LogP contribution in [0, 0.1) is 0 Å². The van der Waals surface area contributed by atoms with Crippen molar-refractivity contribution in [2.75, 3.05) is 6.61 Å². The van der Waals surface area contributed by atoms with Crippen molar-refractivity contribution in [3.8, 4) is 0 Å². The van der Waals surface area contributed by atoms with E-state index in [1.54, 1.807) is 6.08 Å². The summed E-state index contributed by atoms with van der Waals surface area (Å²) in [5, 5.41) is 20.2. The number of benzene rings is 1. The van der Waals surface area contributed by atoms with E-state index in [9.17, 15) is 10.2 Å². The number of aliphatic hydroxyl groups is 2. The van der Waals surface area contributed by atoms with Crippen molar-refractivity contribution in [1.82, 2.24) is 0 Å². The van der Waals surface area contributed by atoms with Gasteiger partial charge in [-0.1, -0.05) is 63.3 Å². The zero-order valence-corrected chi connectivity index (χ0v) is 15.4. The van der Waals surface area contributed by atoms with Gasteiger partial charge in [0.25, 0.3) is 0 Å². The standard InChI is InChI=1S/C18H30O3Si/c1-18(2,3)22(4,5)21-14-16(19)12-9-13-17(20)15-10-7-6-8-11-15/h6-12,16-17,19-20H,13-14H2,1-5H3/b12-9-/t16-,17-/m0/s1. The molecule has 2 N–H and O–H groups in total. The molecule has 1 rings (SSSR count). The topological polar surface area (TPSA) is 49.7 Å². The van der Waals surface area contributed by atoms with Crippen LogP contribution in [0.2, 0.25) is 18.1 Å². The molecule has 1 aromatic carbocycles. The van der Waals surface area contributed by atoms with Gasteiger partial charge in [0.1, 0.15) is 0 Å². The van der Waals surface area contributed by atoms with Crippen LogP contribution >= 0.6 is 0 Å². The third-order valence-electron chi connectivity index (χ3n) is 4.32. The van der Waals surface area contributed by atoms with E-state index < -0.39 is 20.5 Å². The lowest BCUT2D eigenvalue weighted by Gasteiger charge is -2.36. The smallest absolute Gasteiger partial charge is 0.192 e. The summed E-state index contributed by atoms with van der Waals surface area (Å²) in [5.74, 6) is 0. The Morgan fingerprint density at radius 1 is 1.14 bits per heavy atom. The van der Waals surface area contributed by atoms with Gasteiger partial charge in [0.15, 0.2) is 8.32 Å². The molecule has 4 heteroatoms. The van der Waals surface area contributed by atoms with E-state index in [-0.39, 0.29) is 5.04 Å². The molecule has 22 heavy (non-hydrogen) atoms. The van der Waals surface area contributed by atoms with Crippen LogP contribution in [0.4, 0.5) is 0 Å². The highest BCUT2D eigenvalue weighted by Crippen LogP contribution is 2.36. The van der Waals surface area contributed by atoms with E-state index in [0.29, 0.717) is 13.0 Å². The fourth-order valence-corrected chi connectivity index (χ4v) is 2.76. The normalized spacial score (nSPS) is 16.0. The molecule has 0 fully saturated rings. The van der Waals surface area contributed by atoms with Crippen molar-refractivity contribution < 1.29 is 14.6 Å². The summed E-state index contributed by atoms with van der Waals surface area (Å²) in [6, 6.07) is 9.54. The first kappa shape index (κ1) is 19.1. The van der Waals surface area contributed by atoms with Crippen LogP contribution in [-0.4, -0.2) is 31.2 Å². The van der Waals surface area contributed by atoms with Gasteiger partial charge >= 0.3 is 0 Å². The van der Waals surface area contributed by atoms with Gasteiger partial charge in [0.2, 0.25) is 0 Å². The molecule has 0 aliphatic carbocycles. The van der Waals surface area contributed by atoms with Gasteiger partial charge in [-0.2, -0.15) is 0 Å². The lowest BCUT2D eigenvalue weighted by molar-refractivity contribution is 0.134. The Kier molecular flexibility index (Phi) is 7.00. The maximum absolute atomic E-state index is 10.0. The predicted octanol–water partition coefficient (Wildman–Crippen LogP) is 4.05. The highest BCUT2D eigenvalue weighted by atomic mass is 28.4. The second kappa shape index (κ2) is 8.06. The Balaban J connectivity index is 2.41. The fourth-order valence-electron chi connectivity index (χ4n) is 1.74. The van der Waals surface area contributed by atoms with Crippen molar-refractivity contribution in [3.63, 3.8) is 0 Å². The number of aliphatic hydroxyl groups excluding tert-OH is 2. The molecule has 0 unspecified atom stereocenters. The van der Waals surface area contributed by atoms with E-state index in [1.807, 2.05) is 36.4 Å². The van der Waals surface area contributed by atoms with Gasteiger partial charge < -0.3 is 14.6 Å². The molecular formula is C18H30O3Si. The highest BCUT2D eigenvalue weighted by molar-refractivity contribution is 6.74. The Morgan fingerprint density at radius 2 is 1.73 bits per heavy atom. The average Bonchev–Trinajstić information content (AvgIpc) is 2.45. The van der Waals surface area contributed by atoms with Crippen molar-refractivity contribution >= 4 is 8.32 Å². The van der Waals surface area contributed by atoms with Crippen LogP contribution in [0.3, 0.4) is 0 Å². The summed E-state index contributed by atoms with van der Waals surface area (Å²) in [6.45, 7) is 11.2. The Labute approximate surface area is 135 Å². The summed E-state index contributed by atoms with van der Waals surface area (Å²) in [7, 11) is -1.82. The van der Waals surface area contributed by atoms with E-state index in [4.69, 9.17) is 4.43 Å². The molecule has 2 atom stereocenters. The lowest BCUT2D eigenvalue weighted by atomic mass is 10.1. The molecule has 0 aliphatic heterocycles. The zero-order chi connectivity index (χ0) is 16.8. The summed E-state index contributed by atoms with van der Waals surface area (Å²) in [6.07, 6.45) is 2.85. The molecule has 0 aromatic heterocycles. The van der Waals surface area contributed by atoms with Crippen LogP contribution in [0.1, 0.15) is 38.9 Å². The quantitative estimate of drug-likeness (QED) is 0.588. The molecule has 0 heterocycles. The molecule has 124 valence electrons. The van der Waals surface area contributed by atoms with Gasteiger partial charge in [-0.25, -0.2) is 0 Å². The van der Waals surface area contributed by atoms with Gasteiger partial charge in [-0.05, 0) is 30.1 Å². The maximum atomic E-state index is 10.0. The monoisotopic (exact) mass is 322 g/mol. The van der Waals surface area contributed by atoms with Crippen molar-refractivity contribution in [3.05, 3.63) is 48.0 Å². The molecule has 0 spiro atoms. The minimum atomic E-state index is -1.82. The first-order valence-corrected chi connectivity index (χ1v) is 10.8. The molecule has 0 aliphatic rings. The van der Waals surface area contributed by atoms with Gasteiger partial charge in [0.05, 0.1) is 18.8 Å². The average molecular weight is 323 g/mol. The first-order valence-electron chi connectivity index (χ1n) is 7.85. The maximum Gasteiger partial charge on any atom is 0.192 e. The first-order chi connectivity index (χ1) is 10.1. The SMILES string of the molecule is CC(C)(C)[Si](C)(C)OC[C@@H](O)/C=C\C[C@H](O)c1ccccc1. The third kappa shape index (κ3) is 6.05. The second-order valence-electron chi connectivity index (χ2n) is 7.23. The third-order valence-corrected chi connectivity index (χ3v) is 8.82. The van der Waals surface area contributed by atoms with Gasteiger partial charge in [-0.15, -0.1) is 0 Å². The number of rotatable bonds is 7. The highest BCUT2D eigenvalue weighted by Gasteiger charge is 2.37. The molecule has 0 saturated carbocycles. The molecule has 1 aromatic rings. The van der Waals surface area contributed by atoms with Gasteiger partial charge in [0, 0.05) is 0 Å². The van der Waals surface area contributed by atoms with Crippen molar-refractivity contribution in [2.24, 2.45) is 0 Å². The molecule has 0 saturated heterocycles. The number of hydrogen-bond acceptors (Lipinski definition) is 3. The predicted molar refractivity (Wildman–Crippen MR) is 94.3 cm³/mol. The molecular weight excluding hydrogens is 292 g/mol. The minimum absolute atomic E-state index is 0.139. The van der Waals surface area contributed by atoms with E-state index in [2.05, 4.69) is 33.9 Å². The van der Waals surface area contributed by atoms with Crippen LogP contribution in [-0.2, 0) is 4.43 Å². The summed E-state index contributed by atoms with van der Waals surface area (Å²) < 4.78 is 5.97. The summed E-state index contributed by atoms with van der Waals surface area (Å²) in [5.41, 5.74) is 0.888. The molecule has 3 nitrogen and oxygen atoms in total. The fraction of sp³-hybridized carbons (Fsp3) is 0.556. The molecule has 0 amide bonds. The second-order valence-corrected chi connectivity index (χ2v) is 12.0. The Morgan fingerprint density at radius 3 is 2.27 bits per heavy atom. The molecule has 0 radical (unpaired) electrons. The Hall–Kier alpha value is -0.943. The van der Waals surface area contributed by atoms with Crippen LogP contribution in [0.25, 0.3) is 0 Å².